The van der Waals surface area contributed by atoms with Crippen molar-refractivity contribution in [1.82, 2.24) is 15.2 Å². The lowest BCUT2D eigenvalue weighted by Crippen LogP contribution is -2.58. The number of hydrogen-bond acceptors (Lipinski definition) is 5. The van der Waals surface area contributed by atoms with Gasteiger partial charge in [0.05, 0.1) is 19.8 Å². The summed E-state index contributed by atoms with van der Waals surface area (Å²) in [6.07, 6.45) is 0. The third-order valence-corrected chi connectivity index (χ3v) is 5.04. The SMILES string of the molecule is Cc1ccc2cc(CN3CCO[C@@]4(CNCCOC4)C3)c(=O)[nH]c2c1. The Kier molecular flexibility index (Phi) is 4.60. The minimum atomic E-state index is -0.310. The maximum absolute atomic E-state index is 12.5. The molecule has 0 radical (unpaired) electrons. The number of hydrogen-bond donors (Lipinski definition) is 2. The second-order valence-corrected chi connectivity index (χ2v) is 7.19. The van der Waals surface area contributed by atoms with Gasteiger partial charge in [0.2, 0.25) is 0 Å². The molecular weight excluding hydrogens is 318 g/mol. The number of ether oxygens (including phenoxy) is 2. The smallest absolute Gasteiger partial charge is 0.252 e. The van der Waals surface area contributed by atoms with Gasteiger partial charge in [0.25, 0.3) is 5.56 Å². The highest BCUT2D eigenvalue weighted by molar-refractivity contribution is 5.79. The van der Waals surface area contributed by atoms with E-state index >= 15 is 0 Å². The molecule has 2 aromatic rings. The van der Waals surface area contributed by atoms with Gasteiger partial charge in [0.15, 0.2) is 0 Å². The van der Waals surface area contributed by atoms with Gasteiger partial charge < -0.3 is 19.8 Å². The Labute approximate surface area is 147 Å². The lowest BCUT2D eigenvalue weighted by Gasteiger charge is -2.41. The molecule has 25 heavy (non-hydrogen) atoms. The standard InChI is InChI=1S/C19H25N3O3/c1-14-2-3-15-9-16(18(23)21-17(15)8-14)10-22-5-7-25-19(12-22)11-20-4-6-24-13-19/h2-3,8-9,20H,4-7,10-13H2,1H3,(H,21,23)/t19-/m0/s1. The maximum Gasteiger partial charge on any atom is 0.252 e. The van der Waals surface area contributed by atoms with Crippen molar-refractivity contribution in [1.29, 1.82) is 0 Å². The van der Waals surface area contributed by atoms with Gasteiger partial charge in [-0.15, -0.1) is 0 Å². The highest BCUT2D eigenvalue weighted by atomic mass is 16.5. The number of morpholine rings is 1. The van der Waals surface area contributed by atoms with E-state index in [9.17, 15) is 4.79 Å². The molecule has 0 unspecified atom stereocenters. The number of H-pyrrole nitrogens is 1. The lowest BCUT2D eigenvalue weighted by molar-refractivity contribution is -0.135. The predicted molar refractivity (Wildman–Crippen MR) is 97.0 cm³/mol. The van der Waals surface area contributed by atoms with Crippen molar-refractivity contribution in [3.05, 3.63) is 45.7 Å². The van der Waals surface area contributed by atoms with E-state index in [0.29, 0.717) is 19.8 Å². The minimum absolute atomic E-state index is 0.00566. The number of pyridine rings is 1. The fraction of sp³-hybridized carbons (Fsp3) is 0.526. The lowest BCUT2D eigenvalue weighted by atomic mass is 10.0. The van der Waals surface area contributed by atoms with Crippen LogP contribution in [0.2, 0.25) is 0 Å². The van der Waals surface area contributed by atoms with Crippen LogP contribution in [0, 0.1) is 6.92 Å². The Morgan fingerprint density at radius 1 is 1.28 bits per heavy atom. The summed E-state index contributed by atoms with van der Waals surface area (Å²) < 4.78 is 11.7. The van der Waals surface area contributed by atoms with Crippen LogP contribution in [0.15, 0.2) is 29.1 Å². The molecule has 0 amide bonds. The van der Waals surface area contributed by atoms with E-state index in [0.717, 1.165) is 54.8 Å². The molecule has 1 atom stereocenters. The van der Waals surface area contributed by atoms with E-state index in [-0.39, 0.29) is 11.2 Å². The van der Waals surface area contributed by atoms with Crippen molar-refractivity contribution in [2.24, 2.45) is 0 Å². The van der Waals surface area contributed by atoms with Crippen LogP contribution in [0.3, 0.4) is 0 Å². The van der Waals surface area contributed by atoms with Crippen molar-refractivity contribution in [3.63, 3.8) is 0 Å². The number of aromatic amines is 1. The summed E-state index contributed by atoms with van der Waals surface area (Å²) in [5.74, 6) is 0. The van der Waals surface area contributed by atoms with Crippen molar-refractivity contribution < 1.29 is 9.47 Å². The van der Waals surface area contributed by atoms with E-state index in [1.54, 1.807) is 0 Å². The number of aromatic nitrogens is 1. The van der Waals surface area contributed by atoms with E-state index in [4.69, 9.17) is 9.47 Å². The van der Waals surface area contributed by atoms with Crippen LogP contribution >= 0.6 is 0 Å². The van der Waals surface area contributed by atoms with Crippen LogP contribution in [0.1, 0.15) is 11.1 Å². The van der Waals surface area contributed by atoms with Gasteiger partial charge in [-0.3, -0.25) is 9.69 Å². The van der Waals surface area contributed by atoms with Gasteiger partial charge in [-0.25, -0.2) is 0 Å². The number of nitrogens with zero attached hydrogens (tertiary/aromatic N) is 1. The van der Waals surface area contributed by atoms with E-state index in [2.05, 4.69) is 27.3 Å². The van der Waals surface area contributed by atoms with Gasteiger partial charge in [-0.05, 0) is 30.0 Å². The Balaban J connectivity index is 1.55. The fourth-order valence-electron chi connectivity index (χ4n) is 3.74. The van der Waals surface area contributed by atoms with Crippen LogP contribution in [-0.2, 0) is 16.0 Å². The first-order valence-electron chi connectivity index (χ1n) is 8.91. The number of nitrogens with one attached hydrogen (secondary N) is 2. The maximum atomic E-state index is 12.5. The van der Waals surface area contributed by atoms with E-state index in [1.807, 2.05) is 19.1 Å². The number of aryl methyl sites for hydroxylation is 1. The molecule has 134 valence electrons. The van der Waals surface area contributed by atoms with E-state index < -0.39 is 0 Å². The molecule has 0 saturated carbocycles. The van der Waals surface area contributed by atoms with Gasteiger partial charge in [0.1, 0.15) is 5.60 Å². The Hall–Kier alpha value is -1.73. The van der Waals surface area contributed by atoms with Crippen LogP contribution in [0.25, 0.3) is 10.9 Å². The summed E-state index contributed by atoms with van der Waals surface area (Å²) in [5.41, 5.74) is 2.53. The molecule has 2 aliphatic heterocycles. The topological polar surface area (TPSA) is 66.6 Å². The molecule has 2 N–H and O–H groups in total. The van der Waals surface area contributed by atoms with Crippen LogP contribution in [-0.4, -0.2) is 61.5 Å². The summed E-state index contributed by atoms with van der Waals surface area (Å²) >= 11 is 0. The van der Waals surface area contributed by atoms with Crippen LogP contribution in [0.5, 0.6) is 0 Å². The first-order chi connectivity index (χ1) is 12.1. The van der Waals surface area contributed by atoms with Gasteiger partial charge in [-0.2, -0.15) is 0 Å². The molecule has 0 bridgehead atoms. The van der Waals surface area contributed by atoms with Gasteiger partial charge in [-0.1, -0.05) is 12.1 Å². The Bertz CT molecular complexity index is 809. The zero-order chi connectivity index (χ0) is 17.3. The fourth-order valence-corrected chi connectivity index (χ4v) is 3.74. The van der Waals surface area contributed by atoms with E-state index in [1.165, 1.54) is 0 Å². The zero-order valence-electron chi connectivity index (χ0n) is 14.6. The third-order valence-electron chi connectivity index (χ3n) is 5.04. The summed E-state index contributed by atoms with van der Waals surface area (Å²) in [6.45, 7) is 7.88. The molecule has 2 aliphatic rings. The molecule has 3 heterocycles. The second kappa shape index (κ2) is 6.88. The molecule has 2 fully saturated rings. The molecule has 1 spiro atoms. The van der Waals surface area contributed by atoms with Crippen molar-refractivity contribution in [2.75, 3.05) is 46.0 Å². The first-order valence-corrected chi connectivity index (χ1v) is 8.91. The molecular formula is C19H25N3O3. The summed E-state index contributed by atoms with van der Waals surface area (Å²) in [5, 5.41) is 4.46. The average molecular weight is 343 g/mol. The molecule has 2 saturated heterocycles. The monoisotopic (exact) mass is 343 g/mol. The number of benzene rings is 1. The largest absolute Gasteiger partial charge is 0.377 e. The quantitative estimate of drug-likeness (QED) is 0.853. The molecule has 0 aliphatic carbocycles. The normalized spacial score (nSPS) is 25.3. The van der Waals surface area contributed by atoms with Crippen molar-refractivity contribution >= 4 is 10.9 Å². The highest BCUT2D eigenvalue weighted by Gasteiger charge is 2.38. The number of fused-ring (bicyclic) bond motifs is 1. The van der Waals surface area contributed by atoms with Gasteiger partial charge >= 0.3 is 0 Å². The minimum Gasteiger partial charge on any atom is -0.377 e. The summed E-state index contributed by atoms with van der Waals surface area (Å²) in [6, 6.07) is 8.16. The molecule has 4 rings (SSSR count). The van der Waals surface area contributed by atoms with Crippen molar-refractivity contribution in [2.45, 2.75) is 19.1 Å². The zero-order valence-corrected chi connectivity index (χ0v) is 14.6. The molecule has 1 aromatic heterocycles. The third kappa shape index (κ3) is 3.62. The Morgan fingerprint density at radius 3 is 3.12 bits per heavy atom. The molecule has 1 aromatic carbocycles. The first kappa shape index (κ1) is 16.7. The number of rotatable bonds is 2. The van der Waals surface area contributed by atoms with Crippen molar-refractivity contribution in [3.8, 4) is 0 Å². The second-order valence-electron chi connectivity index (χ2n) is 7.19. The van der Waals surface area contributed by atoms with Gasteiger partial charge in [0, 0.05) is 43.8 Å². The summed E-state index contributed by atoms with van der Waals surface area (Å²) in [4.78, 5) is 17.8. The Morgan fingerprint density at radius 2 is 2.20 bits per heavy atom. The molecule has 6 nitrogen and oxygen atoms in total. The molecule has 6 heteroatoms. The van der Waals surface area contributed by atoms with Crippen LogP contribution in [0.4, 0.5) is 0 Å². The highest BCUT2D eigenvalue weighted by Crippen LogP contribution is 2.21. The average Bonchev–Trinajstić information content (AvgIpc) is 2.81. The predicted octanol–water partition coefficient (Wildman–Crippen LogP) is 1.03. The summed E-state index contributed by atoms with van der Waals surface area (Å²) in [7, 11) is 0. The van der Waals surface area contributed by atoms with Crippen LogP contribution < -0.4 is 10.9 Å².